The second kappa shape index (κ2) is 4.56. The van der Waals surface area contributed by atoms with E-state index in [1.54, 1.807) is 17.1 Å². The van der Waals surface area contributed by atoms with E-state index in [9.17, 15) is 8.78 Å². The van der Waals surface area contributed by atoms with Crippen LogP contribution in [0.25, 0.3) is 21.4 Å². The molecule has 3 heterocycles. The monoisotopic (exact) mass is 302 g/mol. The maximum absolute atomic E-state index is 13.4. The molecule has 0 radical (unpaired) electrons. The van der Waals surface area contributed by atoms with Crippen molar-refractivity contribution >= 4 is 32.7 Å². The fraction of sp³-hybridized carbons (Fsp3) is 0.0714. The van der Waals surface area contributed by atoms with Gasteiger partial charge in [-0.15, -0.1) is 0 Å². The zero-order valence-electron chi connectivity index (χ0n) is 10.6. The Hall–Kier alpha value is -2.41. The van der Waals surface area contributed by atoms with Crippen LogP contribution in [0.3, 0.4) is 0 Å². The number of benzene rings is 1. The number of fused-ring (bicyclic) bond motifs is 2. The first-order valence-corrected chi connectivity index (χ1v) is 7.03. The molecule has 0 bridgehead atoms. The Morgan fingerprint density at radius 3 is 2.81 bits per heavy atom. The fourth-order valence-electron chi connectivity index (χ4n) is 2.21. The molecule has 4 rings (SSSR count). The fourth-order valence-corrected chi connectivity index (χ4v) is 3.11. The normalized spacial score (nSPS) is 11.5. The molecule has 0 aliphatic carbocycles. The van der Waals surface area contributed by atoms with Crippen molar-refractivity contribution in [1.29, 1.82) is 0 Å². The van der Waals surface area contributed by atoms with Gasteiger partial charge < -0.3 is 4.57 Å². The molecule has 0 aliphatic heterocycles. The van der Waals surface area contributed by atoms with Gasteiger partial charge in [0.05, 0.1) is 23.9 Å². The lowest BCUT2D eigenvalue weighted by Gasteiger charge is -2.01. The summed E-state index contributed by atoms with van der Waals surface area (Å²) in [6.07, 6.45) is 3.28. The third-order valence-electron chi connectivity index (χ3n) is 3.18. The lowest BCUT2D eigenvalue weighted by molar-refractivity contribution is 0.510. The van der Waals surface area contributed by atoms with E-state index in [1.807, 2.05) is 12.1 Å². The molecule has 4 aromatic rings. The van der Waals surface area contributed by atoms with Crippen LogP contribution >= 0.6 is 11.3 Å². The van der Waals surface area contributed by atoms with E-state index in [2.05, 4.69) is 15.0 Å². The van der Waals surface area contributed by atoms with E-state index >= 15 is 0 Å². The van der Waals surface area contributed by atoms with Crippen LogP contribution in [0.1, 0.15) is 5.01 Å². The molecular formula is C14H8F2N4S. The second-order valence-electron chi connectivity index (χ2n) is 4.56. The SMILES string of the molecule is Fc1cc2ncn(Cc3nc4cccnc4s3)c2cc1F. The van der Waals surface area contributed by atoms with Gasteiger partial charge in [0.15, 0.2) is 11.6 Å². The van der Waals surface area contributed by atoms with E-state index in [-0.39, 0.29) is 0 Å². The summed E-state index contributed by atoms with van der Waals surface area (Å²) >= 11 is 1.47. The van der Waals surface area contributed by atoms with E-state index in [0.29, 0.717) is 17.6 Å². The summed E-state index contributed by atoms with van der Waals surface area (Å²) in [6.45, 7) is 0.447. The number of nitrogens with zero attached hydrogens (tertiary/aromatic N) is 4. The number of pyridine rings is 1. The number of halogens is 2. The summed E-state index contributed by atoms with van der Waals surface area (Å²) < 4.78 is 28.3. The van der Waals surface area contributed by atoms with Crippen LogP contribution in [0.15, 0.2) is 36.8 Å². The van der Waals surface area contributed by atoms with Crippen LogP contribution in [-0.2, 0) is 6.54 Å². The molecule has 0 saturated carbocycles. The quantitative estimate of drug-likeness (QED) is 0.570. The van der Waals surface area contributed by atoms with Crippen molar-refractivity contribution in [3.05, 3.63) is 53.4 Å². The zero-order valence-corrected chi connectivity index (χ0v) is 11.4. The Bertz CT molecular complexity index is 927. The summed E-state index contributed by atoms with van der Waals surface area (Å²) in [5.74, 6) is -1.77. The molecule has 0 aliphatic rings. The maximum Gasteiger partial charge on any atom is 0.161 e. The first kappa shape index (κ1) is 12.3. The minimum absolute atomic E-state index is 0.424. The van der Waals surface area contributed by atoms with Crippen molar-refractivity contribution in [2.24, 2.45) is 0 Å². The standard InChI is InChI=1S/C14H8F2N4S/c15-8-4-11-12(5-9(8)16)20(7-18-11)6-13-19-10-2-1-3-17-14(10)21-13/h1-5,7H,6H2. The van der Waals surface area contributed by atoms with Gasteiger partial charge in [-0.25, -0.2) is 23.7 Å². The Labute approximate surface area is 121 Å². The van der Waals surface area contributed by atoms with Gasteiger partial charge in [-0.3, -0.25) is 0 Å². The van der Waals surface area contributed by atoms with Crippen molar-refractivity contribution in [2.75, 3.05) is 0 Å². The van der Waals surface area contributed by atoms with Crippen LogP contribution in [0.4, 0.5) is 8.78 Å². The van der Waals surface area contributed by atoms with Gasteiger partial charge in [0.1, 0.15) is 15.4 Å². The molecule has 21 heavy (non-hydrogen) atoms. The van der Waals surface area contributed by atoms with Crippen molar-refractivity contribution in [2.45, 2.75) is 6.54 Å². The first-order chi connectivity index (χ1) is 10.2. The highest BCUT2D eigenvalue weighted by Crippen LogP contribution is 2.22. The molecule has 0 fully saturated rings. The minimum Gasteiger partial charge on any atom is -0.324 e. The third kappa shape index (κ3) is 2.06. The lowest BCUT2D eigenvalue weighted by atomic mass is 10.3. The second-order valence-corrected chi connectivity index (χ2v) is 5.62. The number of hydrogen-bond acceptors (Lipinski definition) is 4. The molecular weight excluding hydrogens is 294 g/mol. The molecule has 0 amide bonds. The van der Waals surface area contributed by atoms with Crippen molar-refractivity contribution < 1.29 is 8.78 Å². The van der Waals surface area contributed by atoms with Gasteiger partial charge in [0.2, 0.25) is 0 Å². The predicted molar refractivity (Wildman–Crippen MR) is 76.2 cm³/mol. The molecule has 1 aromatic carbocycles. The van der Waals surface area contributed by atoms with E-state index in [1.165, 1.54) is 11.3 Å². The highest BCUT2D eigenvalue weighted by atomic mass is 32.1. The van der Waals surface area contributed by atoms with Crippen molar-refractivity contribution in [1.82, 2.24) is 19.5 Å². The summed E-state index contributed by atoms with van der Waals surface area (Å²) in [7, 11) is 0. The highest BCUT2D eigenvalue weighted by Gasteiger charge is 2.11. The largest absolute Gasteiger partial charge is 0.324 e. The number of imidazole rings is 1. The smallest absolute Gasteiger partial charge is 0.161 e. The topological polar surface area (TPSA) is 43.6 Å². The molecule has 4 nitrogen and oxygen atoms in total. The Kier molecular flexibility index (Phi) is 2.68. The Balaban J connectivity index is 1.78. The van der Waals surface area contributed by atoms with Crippen LogP contribution in [0, 0.1) is 11.6 Å². The summed E-state index contributed by atoms with van der Waals surface area (Å²) in [5, 5.41) is 0.840. The van der Waals surface area contributed by atoms with Crippen LogP contribution in [0.2, 0.25) is 0 Å². The molecule has 0 atom stereocenters. The highest BCUT2D eigenvalue weighted by molar-refractivity contribution is 7.18. The molecule has 0 spiro atoms. The van der Waals surface area contributed by atoms with Gasteiger partial charge in [-0.2, -0.15) is 0 Å². The Morgan fingerprint density at radius 1 is 1.10 bits per heavy atom. The summed E-state index contributed by atoms with van der Waals surface area (Å²) in [6, 6.07) is 5.98. The average Bonchev–Trinajstić information content (AvgIpc) is 3.04. The average molecular weight is 302 g/mol. The van der Waals surface area contributed by atoms with Gasteiger partial charge in [0, 0.05) is 18.3 Å². The minimum atomic E-state index is -0.892. The Morgan fingerprint density at radius 2 is 1.95 bits per heavy atom. The van der Waals surface area contributed by atoms with Crippen LogP contribution in [-0.4, -0.2) is 19.5 Å². The van der Waals surface area contributed by atoms with Crippen molar-refractivity contribution in [3.63, 3.8) is 0 Å². The van der Waals surface area contributed by atoms with Gasteiger partial charge in [-0.05, 0) is 12.1 Å². The van der Waals surface area contributed by atoms with E-state index in [4.69, 9.17) is 0 Å². The molecule has 7 heteroatoms. The molecule has 104 valence electrons. The molecule has 0 N–H and O–H groups in total. The van der Waals surface area contributed by atoms with E-state index in [0.717, 1.165) is 27.5 Å². The molecule has 0 unspecified atom stereocenters. The van der Waals surface area contributed by atoms with Gasteiger partial charge in [0.25, 0.3) is 0 Å². The number of rotatable bonds is 2. The maximum atomic E-state index is 13.4. The summed E-state index contributed by atoms with van der Waals surface area (Å²) in [4.78, 5) is 13.7. The van der Waals surface area contributed by atoms with Crippen LogP contribution in [0.5, 0.6) is 0 Å². The third-order valence-corrected chi connectivity index (χ3v) is 4.14. The summed E-state index contributed by atoms with van der Waals surface area (Å²) in [5.41, 5.74) is 1.80. The van der Waals surface area contributed by atoms with Gasteiger partial charge in [-0.1, -0.05) is 11.3 Å². The van der Waals surface area contributed by atoms with Crippen LogP contribution < -0.4 is 0 Å². The number of aromatic nitrogens is 4. The lowest BCUT2D eigenvalue weighted by Crippen LogP contribution is -1.97. The molecule has 0 saturated heterocycles. The molecule has 3 aromatic heterocycles. The zero-order chi connectivity index (χ0) is 14.4. The number of thiazole rings is 1. The van der Waals surface area contributed by atoms with E-state index < -0.39 is 11.6 Å². The van der Waals surface area contributed by atoms with Crippen molar-refractivity contribution in [3.8, 4) is 0 Å². The predicted octanol–water partition coefficient (Wildman–Crippen LogP) is 3.37. The van der Waals surface area contributed by atoms with Gasteiger partial charge >= 0.3 is 0 Å². The first-order valence-electron chi connectivity index (χ1n) is 6.21. The number of hydrogen-bond donors (Lipinski definition) is 0.